The number of piperidine rings is 1. The monoisotopic (exact) mass is 319 g/mol. The predicted molar refractivity (Wildman–Crippen MR) is 93.6 cm³/mol. The number of anilines is 1. The fourth-order valence-corrected chi connectivity index (χ4v) is 2.66. The topological polar surface area (TPSA) is 62.4 Å². The van der Waals surface area contributed by atoms with Gasteiger partial charge >= 0.3 is 6.09 Å². The SMILES string of the molecule is CC(C)(C)OC(=O)NCc1ccccc1NCC1CCCCN1. The molecule has 0 radical (unpaired) electrons. The third kappa shape index (κ3) is 6.48. The maximum atomic E-state index is 11.8. The average molecular weight is 319 g/mol. The van der Waals surface area contributed by atoms with Crippen molar-refractivity contribution < 1.29 is 9.53 Å². The first kappa shape index (κ1) is 17.6. The Kier molecular flexibility index (Phi) is 6.28. The molecule has 1 aliphatic heterocycles. The minimum absolute atomic E-state index is 0.388. The van der Waals surface area contributed by atoms with Crippen LogP contribution in [0.4, 0.5) is 10.5 Å². The molecular weight excluding hydrogens is 290 g/mol. The second-order valence-corrected chi connectivity index (χ2v) is 7.04. The molecule has 0 saturated carbocycles. The van der Waals surface area contributed by atoms with Crippen molar-refractivity contribution >= 4 is 11.8 Å². The van der Waals surface area contributed by atoms with Crippen molar-refractivity contribution in [1.82, 2.24) is 10.6 Å². The van der Waals surface area contributed by atoms with Gasteiger partial charge in [0.1, 0.15) is 5.60 Å². The Hall–Kier alpha value is -1.75. The molecule has 1 saturated heterocycles. The number of para-hydroxylation sites is 1. The van der Waals surface area contributed by atoms with Gasteiger partial charge in [0.05, 0.1) is 0 Å². The number of hydrogen-bond acceptors (Lipinski definition) is 4. The molecule has 1 atom stereocenters. The van der Waals surface area contributed by atoms with Crippen LogP contribution in [0.2, 0.25) is 0 Å². The summed E-state index contributed by atoms with van der Waals surface area (Å²) in [6.07, 6.45) is 3.39. The molecule has 23 heavy (non-hydrogen) atoms. The van der Waals surface area contributed by atoms with Gasteiger partial charge in [0, 0.05) is 24.8 Å². The number of carbonyl (C=O) groups excluding carboxylic acids is 1. The first-order valence-corrected chi connectivity index (χ1v) is 8.46. The number of amides is 1. The predicted octanol–water partition coefficient (Wildman–Crippen LogP) is 3.27. The highest BCUT2D eigenvalue weighted by Gasteiger charge is 2.16. The Morgan fingerprint density at radius 1 is 1.30 bits per heavy atom. The maximum absolute atomic E-state index is 11.8. The summed E-state index contributed by atoms with van der Waals surface area (Å²) in [5, 5.41) is 9.85. The molecule has 1 unspecified atom stereocenters. The molecule has 1 heterocycles. The molecule has 0 bridgehead atoms. The summed E-state index contributed by atoms with van der Waals surface area (Å²) < 4.78 is 5.27. The van der Waals surface area contributed by atoms with Crippen molar-refractivity contribution in [1.29, 1.82) is 0 Å². The molecule has 1 aromatic rings. The lowest BCUT2D eigenvalue weighted by Crippen LogP contribution is -2.39. The number of alkyl carbamates (subject to hydrolysis) is 1. The van der Waals surface area contributed by atoms with Crippen molar-refractivity contribution in [2.24, 2.45) is 0 Å². The van der Waals surface area contributed by atoms with Crippen molar-refractivity contribution in [3.63, 3.8) is 0 Å². The minimum atomic E-state index is -0.478. The summed E-state index contributed by atoms with van der Waals surface area (Å²) in [6, 6.07) is 8.59. The smallest absolute Gasteiger partial charge is 0.407 e. The van der Waals surface area contributed by atoms with Gasteiger partial charge in [0.15, 0.2) is 0 Å². The number of ether oxygens (including phenoxy) is 1. The average Bonchev–Trinajstić information content (AvgIpc) is 2.51. The van der Waals surface area contributed by atoms with Gasteiger partial charge in [0.25, 0.3) is 0 Å². The van der Waals surface area contributed by atoms with E-state index in [-0.39, 0.29) is 6.09 Å². The van der Waals surface area contributed by atoms with E-state index in [4.69, 9.17) is 4.74 Å². The highest BCUT2D eigenvalue weighted by Crippen LogP contribution is 2.16. The zero-order valence-corrected chi connectivity index (χ0v) is 14.4. The van der Waals surface area contributed by atoms with Crippen LogP contribution in [0.5, 0.6) is 0 Å². The standard InChI is InChI=1S/C18H29N3O2/c1-18(2,3)23-17(22)21-12-14-8-4-5-10-16(14)20-13-15-9-6-7-11-19-15/h4-5,8,10,15,19-20H,6-7,9,11-13H2,1-3H3,(H,21,22). The first-order valence-electron chi connectivity index (χ1n) is 8.46. The van der Waals surface area contributed by atoms with E-state index < -0.39 is 5.60 Å². The zero-order valence-electron chi connectivity index (χ0n) is 14.4. The Labute approximate surface area is 139 Å². The Bertz CT molecular complexity index is 505. The van der Waals surface area contributed by atoms with Gasteiger partial charge in [-0.3, -0.25) is 0 Å². The summed E-state index contributed by atoms with van der Waals surface area (Å²) >= 11 is 0. The van der Waals surface area contributed by atoms with E-state index in [1.54, 1.807) is 0 Å². The molecule has 5 nitrogen and oxygen atoms in total. The van der Waals surface area contributed by atoms with Crippen LogP contribution < -0.4 is 16.0 Å². The fraction of sp³-hybridized carbons (Fsp3) is 0.611. The summed E-state index contributed by atoms with van der Waals surface area (Å²) in [4.78, 5) is 11.8. The van der Waals surface area contributed by atoms with E-state index in [0.717, 1.165) is 24.3 Å². The second kappa shape index (κ2) is 8.20. The van der Waals surface area contributed by atoms with Gasteiger partial charge in [-0.15, -0.1) is 0 Å². The number of hydrogen-bond donors (Lipinski definition) is 3. The molecule has 0 aromatic heterocycles. The molecule has 1 aromatic carbocycles. The third-order valence-corrected chi connectivity index (χ3v) is 3.79. The lowest BCUT2D eigenvalue weighted by molar-refractivity contribution is 0.0523. The quantitative estimate of drug-likeness (QED) is 0.779. The normalized spacial score (nSPS) is 18.3. The molecule has 2 rings (SSSR count). The Morgan fingerprint density at radius 3 is 2.78 bits per heavy atom. The molecule has 0 aliphatic carbocycles. The molecule has 1 aliphatic rings. The van der Waals surface area contributed by atoms with E-state index in [9.17, 15) is 4.79 Å². The molecule has 1 fully saturated rings. The third-order valence-electron chi connectivity index (χ3n) is 3.79. The molecule has 0 spiro atoms. The van der Waals surface area contributed by atoms with Crippen molar-refractivity contribution in [3.05, 3.63) is 29.8 Å². The summed E-state index contributed by atoms with van der Waals surface area (Å²) in [5.41, 5.74) is 1.65. The van der Waals surface area contributed by atoms with Gasteiger partial charge in [-0.1, -0.05) is 24.6 Å². The van der Waals surface area contributed by atoms with Gasteiger partial charge in [-0.25, -0.2) is 4.79 Å². The van der Waals surface area contributed by atoms with Crippen molar-refractivity contribution in [2.45, 2.75) is 58.2 Å². The number of rotatable bonds is 5. The van der Waals surface area contributed by atoms with Crippen LogP contribution >= 0.6 is 0 Å². The van der Waals surface area contributed by atoms with Crippen LogP contribution in [0, 0.1) is 0 Å². The summed E-state index contributed by atoms with van der Waals surface area (Å²) in [5.74, 6) is 0. The number of benzene rings is 1. The van der Waals surface area contributed by atoms with E-state index in [0.29, 0.717) is 12.6 Å². The Morgan fingerprint density at radius 2 is 2.09 bits per heavy atom. The largest absolute Gasteiger partial charge is 0.444 e. The van der Waals surface area contributed by atoms with Crippen molar-refractivity contribution in [2.75, 3.05) is 18.4 Å². The molecule has 3 N–H and O–H groups in total. The fourth-order valence-electron chi connectivity index (χ4n) is 2.66. The van der Waals surface area contributed by atoms with Crippen LogP contribution in [0.3, 0.4) is 0 Å². The van der Waals surface area contributed by atoms with Crippen LogP contribution in [0.1, 0.15) is 45.6 Å². The van der Waals surface area contributed by atoms with Crippen LogP contribution in [-0.2, 0) is 11.3 Å². The number of carbonyl (C=O) groups is 1. The maximum Gasteiger partial charge on any atom is 0.407 e. The highest BCUT2D eigenvalue weighted by atomic mass is 16.6. The molecule has 5 heteroatoms. The van der Waals surface area contributed by atoms with Crippen LogP contribution in [0.15, 0.2) is 24.3 Å². The van der Waals surface area contributed by atoms with E-state index in [1.807, 2.05) is 39.0 Å². The summed E-state index contributed by atoms with van der Waals surface area (Å²) in [6.45, 7) is 8.05. The van der Waals surface area contributed by atoms with E-state index >= 15 is 0 Å². The van der Waals surface area contributed by atoms with Gasteiger partial charge in [-0.05, 0) is 51.8 Å². The highest BCUT2D eigenvalue weighted by molar-refractivity contribution is 5.68. The molecular formula is C18H29N3O2. The van der Waals surface area contributed by atoms with Gasteiger partial charge in [0.2, 0.25) is 0 Å². The van der Waals surface area contributed by atoms with E-state index in [2.05, 4.69) is 22.0 Å². The molecule has 1 amide bonds. The minimum Gasteiger partial charge on any atom is -0.444 e. The Balaban J connectivity index is 1.85. The number of nitrogens with one attached hydrogen (secondary N) is 3. The lowest BCUT2D eigenvalue weighted by atomic mass is 10.0. The van der Waals surface area contributed by atoms with Crippen molar-refractivity contribution in [3.8, 4) is 0 Å². The first-order chi connectivity index (χ1) is 10.9. The van der Waals surface area contributed by atoms with Crippen LogP contribution in [-0.4, -0.2) is 30.8 Å². The molecule has 128 valence electrons. The van der Waals surface area contributed by atoms with Gasteiger partial charge < -0.3 is 20.7 Å². The lowest BCUT2D eigenvalue weighted by Gasteiger charge is -2.25. The van der Waals surface area contributed by atoms with E-state index in [1.165, 1.54) is 19.3 Å². The zero-order chi connectivity index (χ0) is 16.7. The summed E-state index contributed by atoms with van der Waals surface area (Å²) in [7, 11) is 0. The second-order valence-electron chi connectivity index (χ2n) is 7.04. The van der Waals surface area contributed by atoms with Gasteiger partial charge in [-0.2, -0.15) is 0 Å². The van der Waals surface area contributed by atoms with Crippen LogP contribution in [0.25, 0.3) is 0 Å².